The highest BCUT2D eigenvalue weighted by atomic mass is 16.4. The first-order valence-electron chi connectivity index (χ1n) is 10.9. The minimum absolute atomic E-state index is 0.276. The van der Waals surface area contributed by atoms with Crippen LogP contribution in [0.1, 0.15) is 21.6 Å². The average Bonchev–Trinajstić information content (AvgIpc) is 2.85. The van der Waals surface area contributed by atoms with Crippen LogP contribution in [0, 0.1) is 0 Å². The molecular weight excluding hydrogens is 416 g/mol. The zero-order valence-corrected chi connectivity index (χ0v) is 18.1. The molecule has 3 N–H and O–H groups in total. The normalized spacial score (nSPS) is 13.9. The molecule has 1 aliphatic heterocycles. The molecule has 4 aromatic rings. The third-order valence-electron chi connectivity index (χ3n) is 5.99. The Labute approximate surface area is 191 Å². The van der Waals surface area contributed by atoms with Gasteiger partial charge >= 0.3 is 5.97 Å². The minimum Gasteiger partial charge on any atom is -0.478 e. The van der Waals surface area contributed by atoms with Crippen molar-refractivity contribution in [3.05, 3.63) is 83.7 Å². The number of nitrogens with zero attached hydrogens (tertiary/aromatic N) is 5. The maximum atomic E-state index is 11.1. The smallest absolute Gasteiger partial charge is 0.335 e. The van der Waals surface area contributed by atoms with Gasteiger partial charge in [-0.05, 0) is 29.8 Å². The van der Waals surface area contributed by atoms with Gasteiger partial charge in [-0.1, -0.05) is 36.4 Å². The molecule has 8 heteroatoms. The van der Waals surface area contributed by atoms with Gasteiger partial charge in [0.2, 0.25) is 0 Å². The molecule has 2 aromatic carbocycles. The molecule has 0 amide bonds. The lowest BCUT2D eigenvalue weighted by Gasteiger charge is -2.36. The summed E-state index contributed by atoms with van der Waals surface area (Å²) in [4.78, 5) is 20.1. The van der Waals surface area contributed by atoms with E-state index in [1.165, 1.54) is 0 Å². The molecule has 3 heterocycles. The Morgan fingerprint density at radius 3 is 2.24 bits per heavy atom. The summed E-state index contributed by atoms with van der Waals surface area (Å²) in [6.07, 6.45) is 2.28. The second-order valence-electron chi connectivity index (χ2n) is 8.12. The van der Waals surface area contributed by atoms with Crippen LogP contribution in [0.15, 0.2) is 66.9 Å². The lowest BCUT2D eigenvalue weighted by molar-refractivity contribution is 0.0697. The van der Waals surface area contributed by atoms with Crippen molar-refractivity contribution in [2.24, 2.45) is 0 Å². The molecule has 1 fully saturated rings. The maximum absolute atomic E-state index is 11.1. The molecule has 0 atom stereocenters. The Hall–Kier alpha value is -4.20. The van der Waals surface area contributed by atoms with Crippen molar-refractivity contribution < 1.29 is 9.90 Å². The predicted octanol–water partition coefficient (Wildman–Crippen LogP) is 3.22. The lowest BCUT2D eigenvalue weighted by Crippen LogP contribution is -2.47. The Morgan fingerprint density at radius 2 is 1.58 bits per heavy atom. The molecule has 0 bridgehead atoms. The summed E-state index contributed by atoms with van der Waals surface area (Å²) in [5.41, 5.74) is 8.57. The van der Waals surface area contributed by atoms with E-state index in [0.29, 0.717) is 12.1 Å². The summed E-state index contributed by atoms with van der Waals surface area (Å²) >= 11 is 0. The fraction of sp³-hybridized carbons (Fsp3) is 0.200. The summed E-state index contributed by atoms with van der Waals surface area (Å²) < 4.78 is 0. The van der Waals surface area contributed by atoms with Gasteiger partial charge in [-0.3, -0.25) is 0 Å². The number of carbonyl (C=O) groups is 1. The van der Waals surface area contributed by atoms with E-state index in [0.717, 1.165) is 59.8 Å². The number of nitrogens with two attached hydrogens (primary N) is 1. The highest BCUT2D eigenvalue weighted by Crippen LogP contribution is 2.28. The number of anilines is 3. The minimum atomic E-state index is -0.927. The molecule has 33 heavy (non-hydrogen) atoms. The van der Waals surface area contributed by atoms with Gasteiger partial charge < -0.3 is 20.6 Å². The van der Waals surface area contributed by atoms with Gasteiger partial charge in [0.15, 0.2) is 5.82 Å². The van der Waals surface area contributed by atoms with E-state index in [-0.39, 0.29) is 5.56 Å². The number of aromatic nitrogens is 3. The molecular formula is C25H24N6O2. The monoisotopic (exact) mass is 440 g/mol. The first kappa shape index (κ1) is 20.7. The van der Waals surface area contributed by atoms with Crippen LogP contribution >= 0.6 is 0 Å². The molecule has 166 valence electrons. The van der Waals surface area contributed by atoms with Crippen molar-refractivity contribution in [1.82, 2.24) is 15.2 Å². The number of aromatic carboxylic acids is 1. The average molecular weight is 441 g/mol. The number of hydrogen-bond donors (Lipinski definition) is 2. The van der Waals surface area contributed by atoms with Gasteiger partial charge in [-0.15, -0.1) is 5.10 Å². The van der Waals surface area contributed by atoms with Crippen molar-refractivity contribution in [2.45, 2.75) is 6.42 Å². The van der Waals surface area contributed by atoms with Crippen LogP contribution in [-0.2, 0) is 6.42 Å². The Bertz CT molecular complexity index is 1280. The molecule has 0 unspecified atom stereocenters. The molecule has 1 aliphatic rings. The summed E-state index contributed by atoms with van der Waals surface area (Å²) in [5.74, 6) is 0.896. The van der Waals surface area contributed by atoms with Gasteiger partial charge in [0.25, 0.3) is 0 Å². The number of rotatable bonds is 5. The van der Waals surface area contributed by atoms with E-state index < -0.39 is 5.97 Å². The molecule has 0 saturated carbocycles. The van der Waals surface area contributed by atoms with Crippen LogP contribution in [0.25, 0.3) is 10.8 Å². The fourth-order valence-corrected chi connectivity index (χ4v) is 4.20. The largest absolute Gasteiger partial charge is 0.478 e. The van der Waals surface area contributed by atoms with E-state index in [2.05, 4.69) is 37.1 Å². The molecule has 5 rings (SSSR count). The van der Waals surface area contributed by atoms with Gasteiger partial charge in [-0.25, -0.2) is 9.78 Å². The number of benzene rings is 2. The Morgan fingerprint density at radius 1 is 0.879 bits per heavy atom. The van der Waals surface area contributed by atoms with Crippen molar-refractivity contribution >= 4 is 34.1 Å². The quantitative estimate of drug-likeness (QED) is 0.487. The second kappa shape index (κ2) is 8.74. The summed E-state index contributed by atoms with van der Waals surface area (Å²) in [7, 11) is 0. The molecule has 0 radical (unpaired) electrons. The van der Waals surface area contributed by atoms with Crippen molar-refractivity contribution in [2.75, 3.05) is 41.7 Å². The maximum Gasteiger partial charge on any atom is 0.335 e. The fourth-order valence-electron chi connectivity index (χ4n) is 4.20. The van der Waals surface area contributed by atoms with Gasteiger partial charge in [0, 0.05) is 43.4 Å². The number of nitrogen functional groups attached to an aromatic ring is 1. The lowest BCUT2D eigenvalue weighted by atomic mass is 10.0. The number of carboxylic acid groups (broad SMARTS) is 1. The molecule has 8 nitrogen and oxygen atoms in total. The highest BCUT2D eigenvalue weighted by molar-refractivity contribution is 5.93. The summed E-state index contributed by atoms with van der Waals surface area (Å²) in [6.45, 7) is 3.32. The molecule has 2 aromatic heterocycles. The number of hydrogen-bond acceptors (Lipinski definition) is 7. The van der Waals surface area contributed by atoms with Gasteiger partial charge in [0.1, 0.15) is 5.82 Å². The number of carboxylic acids is 1. The number of fused-ring (bicyclic) bond motifs is 1. The first-order valence-corrected chi connectivity index (χ1v) is 10.9. The molecule has 0 spiro atoms. The van der Waals surface area contributed by atoms with E-state index >= 15 is 0 Å². The van der Waals surface area contributed by atoms with Crippen LogP contribution in [0.3, 0.4) is 0 Å². The van der Waals surface area contributed by atoms with Crippen molar-refractivity contribution in [3.63, 3.8) is 0 Å². The highest BCUT2D eigenvalue weighted by Gasteiger charge is 2.22. The van der Waals surface area contributed by atoms with Crippen LogP contribution in [-0.4, -0.2) is 52.4 Å². The van der Waals surface area contributed by atoms with E-state index in [4.69, 9.17) is 10.8 Å². The number of piperazine rings is 1. The van der Waals surface area contributed by atoms with Crippen LogP contribution in [0.2, 0.25) is 0 Å². The van der Waals surface area contributed by atoms with Crippen molar-refractivity contribution in [1.29, 1.82) is 0 Å². The zero-order valence-electron chi connectivity index (χ0n) is 18.1. The van der Waals surface area contributed by atoms with Crippen LogP contribution in [0.5, 0.6) is 0 Å². The van der Waals surface area contributed by atoms with E-state index in [9.17, 15) is 4.79 Å². The summed E-state index contributed by atoms with van der Waals surface area (Å²) in [5, 5.41) is 20.4. The SMILES string of the molecule is Nc1ccc(N2CCN(c3nnc(Cc4ccc(C(=O)O)cc4)c4ccccc34)CC2)nc1. The third-order valence-corrected chi connectivity index (χ3v) is 5.99. The third kappa shape index (κ3) is 4.27. The zero-order chi connectivity index (χ0) is 22.8. The summed E-state index contributed by atoms with van der Waals surface area (Å²) in [6, 6.07) is 18.9. The Kier molecular flexibility index (Phi) is 5.48. The standard InChI is InChI=1S/C25H24N6O2/c26-19-9-10-23(27-16-19)30-11-13-31(14-12-30)24-21-4-2-1-3-20(21)22(28-29-24)15-17-5-7-18(8-6-17)25(32)33/h1-10,16H,11-15,26H2,(H,32,33). The first-order chi connectivity index (χ1) is 16.1. The van der Waals surface area contributed by atoms with E-state index in [1.807, 2.05) is 36.4 Å². The van der Waals surface area contributed by atoms with Crippen LogP contribution < -0.4 is 15.5 Å². The second-order valence-corrected chi connectivity index (χ2v) is 8.12. The van der Waals surface area contributed by atoms with Crippen LogP contribution in [0.4, 0.5) is 17.3 Å². The Balaban J connectivity index is 1.37. The topological polar surface area (TPSA) is 108 Å². The molecule has 1 saturated heterocycles. The number of pyridine rings is 1. The van der Waals surface area contributed by atoms with E-state index in [1.54, 1.807) is 18.3 Å². The molecule has 0 aliphatic carbocycles. The predicted molar refractivity (Wildman–Crippen MR) is 129 cm³/mol. The van der Waals surface area contributed by atoms with Gasteiger partial charge in [0.05, 0.1) is 23.1 Å². The van der Waals surface area contributed by atoms with Crippen molar-refractivity contribution in [3.8, 4) is 0 Å². The van der Waals surface area contributed by atoms with Gasteiger partial charge in [-0.2, -0.15) is 5.10 Å².